The zero-order chi connectivity index (χ0) is 11.3. The minimum atomic E-state index is -0.208. The van der Waals surface area contributed by atoms with Crippen LogP contribution in [0.5, 0.6) is 0 Å². The van der Waals surface area contributed by atoms with Crippen molar-refractivity contribution in [1.82, 2.24) is 15.0 Å². The maximum absolute atomic E-state index is 5.88. The minimum absolute atomic E-state index is 0.208. The fourth-order valence-corrected chi connectivity index (χ4v) is 1.18. The van der Waals surface area contributed by atoms with Gasteiger partial charge in [0.2, 0.25) is 5.89 Å². The van der Waals surface area contributed by atoms with E-state index in [4.69, 9.17) is 15.0 Å². The Morgan fingerprint density at radius 2 is 2.27 bits per heavy atom. The normalized spacial score (nSPS) is 13.4. The Morgan fingerprint density at radius 1 is 1.53 bits per heavy atom. The number of nitrogens with zero attached hydrogens (tertiary/aromatic N) is 3. The van der Waals surface area contributed by atoms with E-state index < -0.39 is 0 Å². The Bertz CT molecular complexity index is 287. The molecule has 0 fully saturated rings. The van der Waals surface area contributed by atoms with Crippen molar-refractivity contribution >= 4 is 0 Å². The monoisotopic (exact) mass is 214 g/mol. The summed E-state index contributed by atoms with van der Waals surface area (Å²) >= 11 is 0. The van der Waals surface area contributed by atoms with Crippen molar-refractivity contribution in [1.29, 1.82) is 0 Å². The van der Waals surface area contributed by atoms with Crippen LogP contribution in [0.1, 0.15) is 17.8 Å². The van der Waals surface area contributed by atoms with Crippen LogP contribution in [0.4, 0.5) is 0 Å². The standard InChI is InChI=1S/C9H18N4O2/c1-13(2)6-7(10)9-11-8(15-12-9)4-5-14-3/h7H,4-6,10H2,1-3H3. The van der Waals surface area contributed by atoms with E-state index in [9.17, 15) is 0 Å². The number of aromatic nitrogens is 2. The molecule has 86 valence electrons. The van der Waals surface area contributed by atoms with Crippen molar-refractivity contribution in [2.75, 3.05) is 34.4 Å². The Morgan fingerprint density at radius 3 is 2.87 bits per heavy atom. The van der Waals surface area contributed by atoms with Crippen molar-refractivity contribution in [3.05, 3.63) is 11.7 Å². The van der Waals surface area contributed by atoms with Gasteiger partial charge in [0.05, 0.1) is 19.1 Å². The molecule has 0 saturated carbocycles. The molecule has 0 radical (unpaired) electrons. The van der Waals surface area contributed by atoms with E-state index in [1.165, 1.54) is 0 Å². The van der Waals surface area contributed by atoms with Gasteiger partial charge in [-0.2, -0.15) is 4.98 Å². The molecule has 2 N–H and O–H groups in total. The van der Waals surface area contributed by atoms with E-state index in [1.807, 2.05) is 19.0 Å². The number of methoxy groups -OCH3 is 1. The van der Waals surface area contributed by atoms with Gasteiger partial charge in [-0.1, -0.05) is 5.16 Å². The highest BCUT2D eigenvalue weighted by molar-refractivity contribution is 4.93. The number of ether oxygens (including phenoxy) is 1. The number of likely N-dealkylation sites (N-methyl/N-ethyl adjacent to an activating group) is 1. The molecule has 15 heavy (non-hydrogen) atoms. The Kier molecular flexibility index (Phi) is 4.67. The Hall–Kier alpha value is -0.980. The summed E-state index contributed by atoms with van der Waals surface area (Å²) in [6, 6.07) is -0.208. The SMILES string of the molecule is COCCc1nc(C(N)CN(C)C)no1. The number of nitrogens with two attached hydrogens (primary N) is 1. The molecule has 6 nitrogen and oxygen atoms in total. The third-order valence-electron chi connectivity index (χ3n) is 1.90. The van der Waals surface area contributed by atoms with Crippen LogP contribution in [0.15, 0.2) is 4.52 Å². The van der Waals surface area contributed by atoms with Crippen LogP contribution in [0, 0.1) is 0 Å². The average molecular weight is 214 g/mol. The summed E-state index contributed by atoms with van der Waals surface area (Å²) in [6.45, 7) is 1.27. The summed E-state index contributed by atoms with van der Waals surface area (Å²) in [5.41, 5.74) is 5.88. The first-order valence-corrected chi connectivity index (χ1v) is 4.85. The lowest BCUT2D eigenvalue weighted by Crippen LogP contribution is -2.26. The molecule has 0 bridgehead atoms. The van der Waals surface area contributed by atoms with Gasteiger partial charge in [-0.15, -0.1) is 0 Å². The molecule has 1 rings (SSSR count). The first kappa shape index (κ1) is 12.1. The lowest BCUT2D eigenvalue weighted by Gasteiger charge is -2.12. The first-order valence-electron chi connectivity index (χ1n) is 4.85. The maximum Gasteiger partial charge on any atom is 0.229 e. The van der Waals surface area contributed by atoms with E-state index in [0.717, 1.165) is 0 Å². The molecule has 1 aromatic rings. The van der Waals surface area contributed by atoms with Gasteiger partial charge >= 0.3 is 0 Å². The van der Waals surface area contributed by atoms with Crippen molar-refractivity contribution < 1.29 is 9.26 Å². The zero-order valence-corrected chi connectivity index (χ0v) is 9.43. The first-order chi connectivity index (χ1) is 7.13. The van der Waals surface area contributed by atoms with E-state index in [0.29, 0.717) is 31.3 Å². The van der Waals surface area contributed by atoms with E-state index >= 15 is 0 Å². The molecule has 1 aromatic heterocycles. The van der Waals surface area contributed by atoms with Crippen molar-refractivity contribution in [2.24, 2.45) is 5.73 Å². The molecule has 0 spiro atoms. The van der Waals surface area contributed by atoms with Gasteiger partial charge in [0.1, 0.15) is 0 Å². The van der Waals surface area contributed by atoms with Crippen LogP contribution >= 0.6 is 0 Å². The lowest BCUT2D eigenvalue weighted by molar-refractivity contribution is 0.192. The van der Waals surface area contributed by atoms with Gasteiger partial charge in [0.25, 0.3) is 0 Å². The van der Waals surface area contributed by atoms with Crippen molar-refractivity contribution in [3.63, 3.8) is 0 Å². The third kappa shape index (κ3) is 3.94. The Balaban J connectivity index is 2.51. The molecular formula is C9H18N4O2. The molecule has 0 aliphatic carbocycles. The summed E-state index contributed by atoms with van der Waals surface area (Å²) < 4.78 is 9.94. The lowest BCUT2D eigenvalue weighted by atomic mass is 10.3. The molecule has 0 saturated heterocycles. The number of hydrogen-bond acceptors (Lipinski definition) is 6. The molecule has 1 heterocycles. The van der Waals surface area contributed by atoms with Crippen LogP contribution in [0.2, 0.25) is 0 Å². The largest absolute Gasteiger partial charge is 0.384 e. The van der Waals surface area contributed by atoms with Gasteiger partial charge in [-0.25, -0.2) is 0 Å². The molecule has 6 heteroatoms. The Labute approximate surface area is 89.4 Å². The second-order valence-corrected chi connectivity index (χ2v) is 3.66. The number of rotatable bonds is 6. The molecular weight excluding hydrogens is 196 g/mol. The van der Waals surface area contributed by atoms with Crippen molar-refractivity contribution in [3.8, 4) is 0 Å². The van der Waals surface area contributed by atoms with Gasteiger partial charge < -0.3 is 19.9 Å². The van der Waals surface area contributed by atoms with Gasteiger partial charge in [0.15, 0.2) is 5.82 Å². The molecule has 0 aliphatic heterocycles. The molecule has 0 amide bonds. The second-order valence-electron chi connectivity index (χ2n) is 3.66. The maximum atomic E-state index is 5.88. The molecule has 0 aromatic carbocycles. The molecule has 0 aliphatic rings. The van der Waals surface area contributed by atoms with Gasteiger partial charge in [-0.3, -0.25) is 0 Å². The van der Waals surface area contributed by atoms with Crippen LogP contribution in [-0.4, -0.2) is 49.4 Å². The highest BCUT2D eigenvalue weighted by Gasteiger charge is 2.14. The molecule has 1 atom stereocenters. The molecule has 1 unspecified atom stereocenters. The van der Waals surface area contributed by atoms with Gasteiger partial charge in [0, 0.05) is 13.7 Å². The summed E-state index contributed by atoms with van der Waals surface area (Å²) in [7, 11) is 5.53. The quantitative estimate of drug-likeness (QED) is 0.708. The predicted molar refractivity (Wildman–Crippen MR) is 55.4 cm³/mol. The van der Waals surface area contributed by atoms with E-state index in [1.54, 1.807) is 7.11 Å². The second kappa shape index (κ2) is 5.79. The summed E-state index contributed by atoms with van der Waals surface area (Å²) in [5.74, 6) is 1.12. The predicted octanol–water partition coefficient (Wildman–Crippen LogP) is -0.180. The zero-order valence-electron chi connectivity index (χ0n) is 9.43. The fraction of sp³-hybridized carbons (Fsp3) is 0.778. The van der Waals surface area contributed by atoms with E-state index in [-0.39, 0.29) is 6.04 Å². The van der Waals surface area contributed by atoms with E-state index in [2.05, 4.69) is 10.1 Å². The average Bonchev–Trinajstić information content (AvgIpc) is 2.62. The minimum Gasteiger partial charge on any atom is -0.384 e. The van der Waals surface area contributed by atoms with Crippen LogP contribution < -0.4 is 5.73 Å². The fourth-order valence-electron chi connectivity index (χ4n) is 1.18. The number of hydrogen-bond donors (Lipinski definition) is 1. The highest BCUT2D eigenvalue weighted by Crippen LogP contribution is 2.07. The van der Waals surface area contributed by atoms with Crippen LogP contribution in [0.3, 0.4) is 0 Å². The smallest absolute Gasteiger partial charge is 0.229 e. The summed E-state index contributed by atoms with van der Waals surface area (Å²) in [4.78, 5) is 6.17. The third-order valence-corrected chi connectivity index (χ3v) is 1.90. The van der Waals surface area contributed by atoms with Crippen LogP contribution in [-0.2, 0) is 11.2 Å². The van der Waals surface area contributed by atoms with Crippen molar-refractivity contribution in [2.45, 2.75) is 12.5 Å². The topological polar surface area (TPSA) is 77.4 Å². The summed E-state index contributed by atoms with van der Waals surface area (Å²) in [6.07, 6.45) is 0.623. The highest BCUT2D eigenvalue weighted by atomic mass is 16.5. The van der Waals surface area contributed by atoms with Gasteiger partial charge in [-0.05, 0) is 14.1 Å². The van der Waals surface area contributed by atoms with Crippen LogP contribution in [0.25, 0.3) is 0 Å². The summed E-state index contributed by atoms with van der Waals surface area (Å²) in [5, 5.41) is 3.83.